The molecule has 3 atom stereocenters. The van der Waals surface area contributed by atoms with Crippen LogP contribution in [0.2, 0.25) is 0 Å². The lowest BCUT2D eigenvalue weighted by Crippen LogP contribution is -2.50. The molecule has 0 spiro atoms. The van der Waals surface area contributed by atoms with E-state index in [0.29, 0.717) is 5.75 Å². The molecule has 0 aliphatic carbocycles. The second-order valence-electron chi connectivity index (χ2n) is 4.19. The Balaban J connectivity index is 2.30. The first-order chi connectivity index (χ1) is 9.05. The lowest BCUT2D eigenvalue weighted by atomic mass is 10.0. The highest BCUT2D eigenvalue weighted by molar-refractivity contribution is 8.05. The quantitative estimate of drug-likeness (QED) is 0.558. The highest BCUT2D eigenvalue weighted by atomic mass is 32.2. The van der Waals surface area contributed by atoms with Crippen molar-refractivity contribution in [3.63, 3.8) is 0 Å². The lowest BCUT2D eigenvalue weighted by molar-refractivity contribution is -0.171. The van der Waals surface area contributed by atoms with Gasteiger partial charge < -0.3 is 14.6 Å². The molecule has 0 radical (unpaired) electrons. The molecule has 2 heterocycles. The molecule has 3 unspecified atom stereocenters. The second kappa shape index (κ2) is 5.72. The van der Waals surface area contributed by atoms with Crippen molar-refractivity contribution in [1.82, 2.24) is 0 Å². The summed E-state index contributed by atoms with van der Waals surface area (Å²) in [5.74, 6) is -1.75. The van der Waals surface area contributed by atoms with Gasteiger partial charge in [-0.15, -0.1) is 11.8 Å². The summed E-state index contributed by atoms with van der Waals surface area (Å²) >= 11 is 2.49. The number of esters is 2. The van der Waals surface area contributed by atoms with Crippen LogP contribution in [0.4, 0.5) is 0 Å². The Morgan fingerprint density at radius 3 is 2.89 bits per heavy atom. The summed E-state index contributed by atoms with van der Waals surface area (Å²) in [4.78, 5) is 35.4. The summed E-state index contributed by atoms with van der Waals surface area (Å²) in [6.07, 6.45) is 0. The van der Waals surface area contributed by atoms with Crippen LogP contribution < -0.4 is 0 Å². The highest BCUT2D eigenvalue weighted by Crippen LogP contribution is 2.42. The number of ketones is 1. The molecule has 2 aliphatic heterocycles. The monoisotopic (exact) mass is 306 g/mol. The van der Waals surface area contributed by atoms with Gasteiger partial charge in [-0.05, 0) is 6.92 Å². The van der Waals surface area contributed by atoms with E-state index in [1.54, 1.807) is 6.92 Å². The number of ether oxygens (including phenoxy) is 2. The van der Waals surface area contributed by atoms with Crippen molar-refractivity contribution >= 4 is 41.2 Å². The summed E-state index contributed by atoms with van der Waals surface area (Å²) in [6.45, 7) is 1.75. The van der Waals surface area contributed by atoms with Gasteiger partial charge in [-0.2, -0.15) is 11.8 Å². The Kier molecular flexibility index (Phi) is 4.42. The van der Waals surface area contributed by atoms with E-state index in [9.17, 15) is 19.5 Å². The number of thioether (sulfide) groups is 2. The number of hydrogen-bond donors (Lipinski definition) is 1. The standard InChI is InChI=1S/C11H14O6S2/c1-2-16-10(15)11-5-19-6(3-12)4-18-8(11)7(13)9(14)17-11/h6,8,12H,2-5H2,1H3. The van der Waals surface area contributed by atoms with E-state index in [1.165, 1.54) is 23.5 Å². The molecule has 2 aliphatic rings. The van der Waals surface area contributed by atoms with E-state index in [-0.39, 0.29) is 24.2 Å². The van der Waals surface area contributed by atoms with Crippen LogP contribution in [0.1, 0.15) is 6.92 Å². The summed E-state index contributed by atoms with van der Waals surface area (Å²) in [5, 5.41) is 8.22. The predicted molar refractivity (Wildman–Crippen MR) is 70.0 cm³/mol. The van der Waals surface area contributed by atoms with Gasteiger partial charge in [0.1, 0.15) is 5.25 Å². The van der Waals surface area contributed by atoms with Crippen LogP contribution in [0.15, 0.2) is 0 Å². The SMILES string of the molecule is CCOC(=O)C12CSC(CO)CSC1C(=O)C(=O)O2. The van der Waals surface area contributed by atoms with Crippen LogP contribution >= 0.6 is 23.5 Å². The van der Waals surface area contributed by atoms with E-state index in [1.807, 2.05) is 0 Å². The Labute approximate surface area is 118 Å². The number of carbonyl (C=O) groups excluding carboxylic acids is 3. The van der Waals surface area contributed by atoms with Gasteiger partial charge in [-0.25, -0.2) is 9.59 Å². The van der Waals surface area contributed by atoms with Crippen molar-refractivity contribution in [2.24, 2.45) is 0 Å². The van der Waals surface area contributed by atoms with Gasteiger partial charge in [0.05, 0.1) is 13.2 Å². The highest BCUT2D eigenvalue weighted by Gasteiger charge is 2.62. The Bertz CT molecular complexity index is 412. The minimum absolute atomic E-state index is 0.0502. The van der Waals surface area contributed by atoms with Crippen LogP contribution in [-0.4, -0.2) is 63.6 Å². The molecule has 0 aromatic heterocycles. The maximum absolute atomic E-state index is 12.1. The average Bonchev–Trinajstić information content (AvgIpc) is 2.55. The summed E-state index contributed by atoms with van der Waals surface area (Å²) in [5.41, 5.74) is -1.54. The van der Waals surface area contributed by atoms with Crippen molar-refractivity contribution in [1.29, 1.82) is 0 Å². The zero-order valence-electron chi connectivity index (χ0n) is 10.3. The minimum Gasteiger partial charge on any atom is -0.463 e. The van der Waals surface area contributed by atoms with Crippen molar-refractivity contribution < 1.29 is 29.0 Å². The van der Waals surface area contributed by atoms with Gasteiger partial charge in [0.2, 0.25) is 5.60 Å². The topological polar surface area (TPSA) is 89.9 Å². The number of hydrogen-bond acceptors (Lipinski definition) is 8. The number of fused-ring (bicyclic) bond motifs is 1. The lowest BCUT2D eigenvalue weighted by Gasteiger charge is -2.27. The Morgan fingerprint density at radius 1 is 1.53 bits per heavy atom. The summed E-state index contributed by atoms with van der Waals surface area (Å²) in [7, 11) is 0. The average molecular weight is 306 g/mol. The first-order valence-electron chi connectivity index (χ1n) is 5.83. The Hall–Kier alpha value is -0.730. The van der Waals surface area contributed by atoms with Gasteiger partial charge in [-0.3, -0.25) is 4.79 Å². The fourth-order valence-electron chi connectivity index (χ4n) is 1.96. The van der Waals surface area contributed by atoms with E-state index in [2.05, 4.69) is 0 Å². The largest absolute Gasteiger partial charge is 0.463 e. The van der Waals surface area contributed by atoms with Crippen molar-refractivity contribution in [3.05, 3.63) is 0 Å². The Morgan fingerprint density at radius 2 is 2.26 bits per heavy atom. The molecule has 0 saturated carbocycles. The zero-order chi connectivity index (χ0) is 14.0. The minimum atomic E-state index is -1.54. The first kappa shape index (κ1) is 14.7. The van der Waals surface area contributed by atoms with Crippen molar-refractivity contribution in [2.75, 3.05) is 24.7 Å². The van der Waals surface area contributed by atoms with Gasteiger partial charge in [0.25, 0.3) is 5.78 Å². The predicted octanol–water partition coefficient (Wildman–Crippen LogP) is -0.376. The molecule has 2 rings (SSSR count). The van der Waals surface area contributed by atoms with Gasteiger partial charge in [-0.1, -0.05) is 0 Å². The molecule has 0 bridgehead atoms. The molecule has 6 nitrogen and oxygen atoms in total. The van der Waals surface area contributed by atoms with Crippen LogP contribution in [0.3, 0.4) is 0 Å². The maximum atomic E-state index is 12.1. The summed E-state index contributed by atoms with van der Waals surface area (Å²) < 4.78 is 10.0. The normalized spacial score (nSPS) is 34.4. The fraction of sp³-hybridized carbons (Fsp3) is 0.727. The second-order valence-corrected chi connectivity index (χ2v) is 6.62. The first-order valence-corrected chi connectivity index (χ1v) is 7.93. The van der Waals surface area contributed by atoms with Crippen LogP contribution in [0, 0.1) is 0 Å². The molecule has 0 amide bonds. The molecule has 0 aromatic rings. The molecule has 0 aromatic carbocycles. The van der Waals surface area contributed by atoms with Crippen molar-refractivity contribution in [3.8, 4) is 0 Å². The van der Waals surface area contributed by atoms with E-state index in [0.717, 1.165) is 0 Å². The maximum Gasteiger partial charge on any atom is 0.377 e. The molecular formula is C11H14O6S2. The molecule has 19 heavy (non-hydrogen) atoms. The molecule has 8 heteroatoms. The molecule has 2 fully saturated rings. The third-order valence-electron chi connectivity index (χ3n) is 2.94. The van der Waals surface area contributed by atoms with E-state index < -0.39 is 28.6 Å². The van der Waals surface area contributed by atoms with Crippen LogP contribution in [-0.2, 0) is 23.9 Å². The molecule has 2 saturated heterocycles. The third kappa shape index (κ3) is 2.48. The van der Waals surface area contributed by atoms with Gasteiger partial charge in [0, 0.05) is 16.8 Å². The number of carbonyl (C=O) groups is 3. The number of rotatable bonds is 3. The fourth-order valence-corrected chi connectivity index (χ4v) is 4.88. The molecular weight excluding hydrogens is 292 g/mol. The van der Waals surface area contributed by atoms with E-state index in [4.69, 9.17) is 9.47 Å². The molecule has 1 N–H and O–H groups in total. The van der Waals surface area contributed by atoms with Gasteiger partial charge in [0.15, 0.2) is 0 Å². The number of aliphatic hydroxyl groups is 1. The van der Waals surface area contributed by atoms with Crippen LogP contribution in [0.5, 0.6) is 0 Å². The van der Waals surface area contributed by atoms with Gasteiger partial charge >= 0.3 is 11.9 Å². The molecule has 106 valence electrons. The number of aliphatic hydroxyl groups excluding tert-OH is 1. The summed E-state index contributed by atoms with van der Waals surface area (Å²) in [6, 6.07) is 0. The van der Waals surface area contributed by atoms with Crippen LogP contribution in [0.25, 0.3) is 0 Å². The van der Waals surface area contributed by atoms with Crippen molar-refractivity contribution in [2.45, 2.75) is 23.0 Å². The zero-order valence-corrected chi connectivity index (χ0v) is 11.9. The van der Waals surface area contributed by atoms with E-state index >= 15 is 0 Å². The third-order valence-corrected chi connectivity index (χ3v) is 6.06. The smallest absolute Gasteiger partial charge is 0.377 e. The number of Topliss-reactive ketones (excluding diaryl/α,β-unsaturated/α-hetero) is 1.